The summed E-state index contributed by atoms with van der Waals surface area (Å²) in [5, 5.41) is 8.43. The maximum absolute atomic E-state index is 10.7. The monoisotopic (exact) mass is 246 g/mol. The summed E-state index contributed by atoms with van der Waals surface area (Å²) in [5.74, 6) is 0. The van der Waals surface area contributed by atoms with Gasteiger partial charge in [-0.25, -0.2) is 8.42 Å². The molecule has 6 heteroatoms. The number of hydrogen-bond donors (Lipinski definition) is 1. The van der Waals surface area contributed by atoms with Gasteiger partial charge < -0.3 is 9.66 Å². The topological polar surface area (TPSA) is 77.4 Å². The Kier molecular flexibility index (Phi) is 10.9. The van der Waals surface area contributed by atoms with E-state index in [0.29, 0.717) is 32.1 Å². The standard InChI is InChI=1S/C9H20O4S.Na/c1-3-8(10)6-5-7-9(4-2)14(11,12)13;/h8-10H,3-7H2,1-2H3,(H,11,12,13);/q;+1/p-1. The van der Waals surface area contributed by atoms with Crippen molar-refractivity contribution in [3.63, 3.8) is 0 Å². The van der Waals surface area contributed by atoms with E-state index in [1.165, 1.54) is 0 Å². The molecule has 0 amide bonds. The van der Waals surface area contributed by atoms with Gasteiger partial charge in [0.05, 0.1) is 16.2 Å². The number of aliphatic hydroxyl groups is 1. The molecule has 0 aliphatic rings. The Hall–Kier alpha value is 0.870. The molecule has 0 saturated heterocycles. The van der Waals surface area contributed by atoms with Gasteiger partial charge in [-0.2, -0.15) is 0 Å². The second-order valence-electron chi connectivity index (χ2n) is 3.52. The fourth-order valence-electron chi connectivity index (χ4n) is 1.34. The Bertz CT molecular complexity index is 240. The van der Waals surface area contributed by atoms with Crippen LogP contribution in [0.1, 0.15) is 46.0 Å². The van der Waals surface area contributed by atoms with Crippen LogP contribution in [-0.2, 0) is 10.1 Å². The molecule has 0 heterocycles. The molecule has 0 aromatic heterocycles. The molecule has 0 radical (unpaired) electrons. The largest absolute Gasteiger partial charge is 1.00 e. The zero-order chi connectivity index (χ0) is 11.2. The Morgan fingerprint density at radius 3 is 2.07 bits per heavy atom. The predicted octanol–water partition coefficient (Wildman–Crippen LogP) is -1.74. The maximum atomic E-state index is 10.7. The van der Waals surface area contributed by atoms with E-state index in [0.717, 1.165) is 0 Å². The average molecular weight is 246 g/mol. The van der Waals surface area contributed by atoms with Gasteiger partial charge in [-0.05, 0) is 32.1 Å². The Morgan fingerprint density at radius 1 is 1.20 bits per heavy atom. The first-order chi connectivity index (χ1) is 6.41. The molecule has 2 unspecified atom stereocenters. The maximum Gasteiger partial charge on any atom is 1.00 e. The van der Waals surface area contributed by atoms with Crippen LogP contribution >= 0.6 is 0 Å². The van der Waals surface area contributed by atoms with E-state index in [-0.39, 0.29) is 35.7 Å². The minimum absolute atomic E-state index is 0. The number of hydrogen-bond acceptors (Lipinski definition) is 4. The van der Waals surface area contributed by atoms with Crippen LogP contribution in [0, 0.1) is 0 Å². The van der Waals surface area contributed by atoms with Gasteiger partial charge in [-0.1, -0.05) is 13.8 Å². The van der Waals surface area contributed by atoms with Gasteiger partial charge in [0.25, 0.3) is 0 Å². The van der Waals surface area contributed by atoms with E-state index in [2.05, 4.69) is 0 Å². The van der Waals surface area contributed by atoms with Gasteiger partial charge in [-0.3, -0.25) is 0 Å². The minimum atomic E-state index is -4.15. The van der Waals surface area contributed by atoms with E-state index in [9.17, 15) is 18.1 Å². The summed E-state index contributed by atoms with van der Waals surface area (Å²) < 4.78 is 32.1. The molecule has 86 valence electrons. The summed E-state index contributed by atoms with van der Waals surface area (Å²) in [7, 11) is -4.15. The predicted molar refractivity (Wildman–Crippen MR) is 53.9 cm³/mol. The van der Waals surface area contributed by atoms with Crippen LogP contribution in [0.25, 0.3) is 0 Å². The van der Waals surface area contributed by atoms with E-state index in [1.807, 2.05) is 6.92 Å². The van der Waals surface area contributed by atoms with Gasteiger partial charge in [0, 0.05) is 5.25 Å². The fraction of sp³-hybridized carbons (Fsp3) is 1.00. The number of aliphatic hydroxyl groups excluding tert-OH is 1. The molecule has 15 heavy (non-hydrogen) atoms. The normalized spacial score (nSPS) is 15.5. The molecule has 0 aromatic carbocycles. The summed E-state index contributed by atoms with van der Waals surface area (Å²) in [6.07, 6.45) is 2.17. The molecule has 1 N–H and O–H groups in total. The van der Waals surface area contributed by atoms with E-state index in [1.54, 1.807) is 6.92 Å². The SMILES string of the molecule is CCC(O)CCCC(CC)S(=O)(=O)[O-].[Na+]. The Morgan fingerprint density at radius 2 is 1.73 bits per heavy atom. The molecular formula is C9H19NaO4S. The van der Waals surface area contributed by atoms with E-state index in [4.69, 9.17) is 0 Å². The summed E-state index contributed by atoms with van der Waals surface area (Å²) in [6, 6.07) is 0. The molecule has 0 saturated carbocycles. The Balaban J connectivity index is 0. The average Bonchev–Trinajstić information content (AvgIpc) is 2.09. The summed E-state index contributed by atoms with van der Waals surface area (Å²) in [6.45, 7) is 3.56. The third kappa shape index (κ3) is 8.65. The minimum Gasteiger partial charge on any atom is -0.748 e. The molecule has 0 spiro atoms. The molecule has 0 bridgehead atoms. The van der Waals surface area contributed by atoms with Crippen LogP contribution in [0.3, 0.4) is 0 Å². The molecule has 0 rings (SSSR count). The zero-order valence-electron chi connectivity index (χ0n) is 9.77. The Labute approximate surface area is 114 Å². The molecule has 0 aliphatic heterocycles. The van der Waals surface area contributed by atoms with Crippen molar-refractivity contribution in [2.45, 2.75) is 57.3 Å². The first kappa shape index (κ1) is 18.2. The summed E-state index contributed by atoms with van der Waals surface area (Å²) in [5.41, 5.74) is 0. The first-order valence-corrected chi connectivity index (χ1v) is 6.51. The van der Waals surface area contributed by atoms with Crippen LogP contribution in [0.15, 0.2) is 0 Å². The van der Waals surface area contributed by atoms with E-state index >= 15 is 0 Å². The first-order valence-electron chi connectivity index (χ1n) is 5.04. The molecule has 0 fully saturated rings. The van der Waals surface area contributed by atoms with Crippen LogP contribution < -0.4 is 29.6 Å². The molecule has 2 atom stereocenters. The molecule has 0 aliphatic carbocycles. The third-order valence-electron chi connectivity index (χ3n) is 2.40. The molecule has 4 nitrogen and oxygen atoms in total. The van der Waals surface area contributed by atoms with Crippen molar-refractivity contribution in [3.8, 4) is 0 Å². The summed E-state index contributed by atoms with van der Waals surface area (Å²) in [4.78, 5) is 0. The van der Waals surface area contributed by atoms with Crippen molar-refractivity contribution < 1.29 is 47.6 Å². The molecule has 0 aromatic rings. The van der Waals surface area contributed by atoms with Crippen LogP contribution in [0.2, 0.25) is 0 Å². The second-order valence-corrected chi connectivity index (χ2v) is 5.17. The van der Waals surface area contributed by atoms with Crippen molar-refractivity contribution in [2.24, 2.45) is 0 Å². The second kappa shape index (κ2) is 8.96. The van der Waals surface area contributed by atoms with Crippen molar-refractivity contribution in [1.82, 2.24) is 0 Å². The third-order valence-corrected chi connectivity index (χ3v) is 3.78. The van der Waals surface area contributed by atoms with Crippen molar-refractivity contribution in [3.05, 3.63) is 0 Å². The van der Waals surface area contributed by atoms with Gasteiger partial charge in [0.1, 0.15) is 0 Å². The zero-order valence-corrected chi connectivity index (χ0v) is 12.6. The van der Waals surface area contributed by atoms with Crippen LogP contribution in [0.5, 0.6) is 0 Å². The number of rotatable bonds is 7. The fourth-order valence-corrected chi connectivity index (χ4v) is 2.20. The van der Waals surface area contributed by atoms with Gasteiger partial charge in [-0.15, -0.1) is 0 Å². The van der Waals surface area contributed by atoms with Crippen molar-refractivity contribution >= 4 is 10.1 Å². The summed E-state index contributed by atoms with van der Waals surface area (Å²) >= 11 is 0. The smallest absolute Gasteiger partial charge is 0.748 e. The van der Waals surface area contributed by atoms with Gasteiger partial charge in [0.15, 0.2) is 0 Å². The van der Waals surface area contributed by atoms with E-state index < -0.39 is 15.4 Å². The quantitative estimate of drug-likeness (QED) is 0.427. The molecular weight excluding hydrogens is 227 g/mol. The van der Waals surface area contributed by atoms with Crippen molar-refractivity contribution in [1.29, 1.82) is 0 Å². The van der Waals surface area contributed by atoms with Gasteiger partial charge in [0.2, 0.25) is 0 Å². The van der Waals surface area contributed by atoms with Crippen LogP contribution in [0.4, 0.5) is 0 Å². The van der Waals surface area contributed by atoms with Gasteiger partial charge >= 0.3 is 29.6 Å². The van der Waals surface area contributed by atoms with Crippen LogP contribution in [-0.4, -0.2) is 29.4 Å². The van der Waals surface area contributed by atoms with Crippen molar-refractivity contribution in [2.75, 3.05) is 0 Å².